The van der Waals surface area contributed by atoms with Crippen molar-refractivity contribution < 1.29 is 4.42 Å². The summed E-state index contributed by atoms with van der Waals surface area (Å²) in [4.78, 5) is 0. The van der Waals surface area contributed by atoms with E-state index in [0.29, 0.717) is 0 Å². The zero-order valence-corrected chi connectivity index (χ0v) is 20.0. The monoisotopic (exact) mass is 474 g/mol. The van der Waals surface area contributed by atoms with Crippen molar-refractivity contribution in [2.24, 2.45) is 0 Å². The average molecular weight is 475 g/mol. The van der Waals surface area contributed by atoms with E-state index in [1.54, 1.807) is 6.26 Å². The van der Waals surface area contributed by atoms with E-state index in [2.05, 4.69) is 124 Å². The Kier molecular flexibility index (Phi) is 4.23. The van der Waals surface area contributed by atoms with Crippen molar-refractivity contribution in [3.8, 4) is 22.7 Å². The molecule has 0 spiro atoms. The van der Waals surface area contributed by atoms with Gasteiger partial charge in [0, 0.05) is 38.5 Å². The van der Waals surface area contributed by atoms with Gasteiger partial charge in [-0.1, -0.05) is 54.6 Å². The molecular weight excluding hydrogens is 452 g/mol. The first kappa shape index (κ1) is 20.2. The average Bonchev–Trinajstić information content (AvgIpc) is 3.68. The van der Waals surface area contributed by atoms with Crippen molar-refractivity contribution in [3.05, 3.63) is 134 Å². The number of hydrogen-bond donors (Lipinski definition) is 0. The van der Waals surface area contributed by atoms with E-state index >= 15 is 0 Å². The molecule has 0 amide bonds. The van der Waals surface area contributed by atoms with E-state index in [4.69, 9.17) is 4.42 Å². The van der Waals surface area contributed by atoms with Crippen LogP contribution in [0.5, 0.6) is 0 Å². The van der Waals surface area contributed by atoms with E-state index in [-0.39, 0.29) is 0 Å². The highest BCUT2D eigenvalue weighted by Crippen LogP contribution is 2.42. The summed E-state index contributed by atoms with van der Waals surface area (Å²) >= 11 is 0. The molecule has 0 aliphatic heterocycles. The van der Waals surface area contributed by atoms with E-state index < -0.39 is 0 Å². The summed E-state index contributed by atoms with van der Waals surface area (Å²) < 4.78 is 10.4. The molecular formula is C34H22N2O. The highest BCUT2D eigenvalue weighted by Gasteiger charge is 2.20. The van der Waals surface area contributed by atoms with Crippen molar-refractivity contribution in [1.82, 2.24) is 9.13 Å². The minimum Gasteiger partial charge on any atom is -0.464 e. The van der Waals surface area contributed by atoms with Crippen molar-refractivity contribution in [2.45, 2.75) is 0 Å². The van der Waals surface area contributed by atoms with Crippen molar-refractivity contribution >= 4 is 43.6 Å². The van der Waals surface area contributed by atoms with Crippen LogP contribution in [0.3, 0.4) is 0 Å². The number of aromatic nitrogens is 2. The largest absolute Gasteiger partial charge is 0.464 e. The number of para-hydroxylation sites is 3. The molecule has 0 radical (unpaired) electrons. The maximum Gasteiger partial charge on any atom is 0.133 e. The molecule has 0 N–H and O–H groups in total. The summed E-state index contributed by atoms with van der Waals surface area (Å²) in [7, 11) is 0. The highest BCUT2D eigenvalue weighted by molar-refractivity contribution is 6.28. The van der Waals surface area contributed by atoms with E-state index in [0.717, 1.165) is 17.0 Å². The Balaban J connectivity index is 1.48. The third kappa shape index (κ3) is 2.88. The molecule has 0 aliphatic carbocycles. The Bertz CT molecular complexity index is 2060. The Labute approximate surface area is 213 Å². The Morgan fingerprint density at radius 3 is 1.51 bits per heavy atom. The zero-order valence-electron chi connectivity index (χ0n) is 20.0. The Morgan fingerprint density at radius 2 is 0.946 bits per heavy atom. The molecule has 174 valence electrons. The van der Waals surface area contributed by atoms with Gasteiger partial charge in [0.05, 0.1) is 28.3 Å². The topological polar surface area (TPSA) is 23.0 Å². The highest BCUT2D eigenvalue weighted by atomic mass is 16.3. The predicted octanol–water partition coefficient (Wildman–Crippen LogP) is 9.14. The first-order chi connectivity index (χ1) is 18.4. The molecule has 3 heterocycles. The summed E-state index contributed by atoms with van der Waals surface area (Å²) in [6.07, 6.45) is 1.72. The molecule has 8 aromatic rings. The number of benzene rings is 5. The van der Waals surface area contributed by atoms with E-state index in [9.17, 15) is 0 Å². The Morgan fingerprint density at radius 1 is 0.405 bits per heavy atom. The molecule has 0 saturated carbocycles. The van der Waals surface area contributed by atoms with Crippen LogP contribution in [0.15, 0.2) is 138 Å². The first-order valence-electron chi connectivity index (χ1n) is 12.5. The molecule has 0 bridgehead atoms. The molecule has 0 fully saturated rings. The molecule has 0 aliphatic rings. The third-order valence-electron chi connectivity index (χ3n) is 7.42. The SMILES string of the molecule is c1ccc(-n2c3ccccc3c3c4c5ccccc5n(-c5ccc(-c6ccco6)cc5)c4ccc32)cc1. The van der Waals surface area contributed by atoms with Gasteiger partial charge < -0.3 is 13.6 Å². The van der Waals surface area contributed by atoms with Gasteiger partial charge in [-0.15, -0.1) is 0 Å². The molecule has 3 heteroatoms. The fourth-order valence-corrected chi connectivity index (χ4v) is 5.87. The van der Waals surface area contributed by atoms with Crippen LogP contribution >= 0.6 is 0 Å². The van der Waals surface area contributed by atoms with Crippen molar-refractivity contribution in [3.63, 3.8) is 0 Å². The van der Waals surface area contributed by atoms with E-state index in [1.165, 1.54) is 49.3 Å². The summed E-state index contributed by atoms with van der Waals surface area (Å²) in [6, 6.07) is 45.2. The fourth-order valence-electron chi connectivity index (χ4n) is 5.87. The standard InChI is InChI=1S/C34H22N2O/c1-2-9-24(10-3-1)35-28-13-6-4-11-26(28)33-30(35)20-21-31-34(33)27-12-5-7-14-29(27)36(31)25-18-16-23(17-19-25)32-15-8-22-37-32/h1-22H. The summed E-state index contributed by atoms with van der Waals surface area (Å²) in [6.45, 7) is 0. The molecule has 37 heavy (non-hydrogen) atoms. The third-order valence-corrected chi connectivity index (χ3v) is 7.42. The first-order valence-corrected chi connectivity index (χ1v) is 12.5. The lowest BCUT2D eigenvalue weighted by atomic mass is 10.1. The van der Waals surface area contributed by atoms with Crippen molar-refractivity contribution in [1.29, 1.82) is 0 Å². The zero-order chi connectivity index (χ0) is 24.3. The van der Waals surface area contributed by atoms with Gasteiger partial charge in [-0.3, -0.25) is 0 Å². The van der Waals surface area contributed by atoms with Gasteiger partial charge in [-0.05, 0) is 72.8 Å². The van der Waals surface area contributed by atoms with Crippen LogP contribution in [0.25, 0.3) is 66.3 Å². The van der Waals surface area contributed by atoms with Gasteiger partial charge in [0.2, 0.25) is 0 Å². The molecule has 8 rings (SSSR count). The van der Waals surface area contributed by atoms with Gasteiger partial charge in [0.1, 0.15) is 5.76 Å². The smallest absolute Gasteiger partial charge is 0.133 e. The van der Waals surface area contributed by atoms with Crippen LogP contribution < -0.4 is 0 Å². The van der Waals surface area contributed by atoms with Crippen LogP contribution in [0.1, 0.15) is 0 Å². The van der Waals surface area contributed by atoms with Gasteiger partial charge in [0.15, 0.2) is 0 Å². The second-order valence-corrected chi connectivity index (χ2v) is 9.42. The Hall–Kier alpha value is -5.02. The minimum absolute atomic E-state index is 0.879. The van der Waals surface area contributed by atoms with Gasteiger partial charge >= 0.3 is 0 Å². The van der Waals surface area contributed by atoms with Gasteiger partial charge in [-0.25, -0.2) is 0 Å². The molecule has 0 atom stereocenters. The minimum atomic E-state index is 0.879. The van der Waals surface area contributed by atoms with Crippen LogP contribution in [-0.4, -0.2) is 9.13 Å². The molecule has 0 saturated heterocycles. The maximum absolute atomic E-state index is 5.61. The number of hydrogen-bond acceptors (Lipinski definition) is 1. The fraction of sp³-hybridized carbons (Fsp3) is 0. The molecule has 0 unspecified atom stereocenters. The van der Waals surface area contributed by atoms with Crippen molar-refractivity contribution in [2.75, 3.05) is 0 Å². The summed E-state index contributed by atoms with van der Waals surface area (Å²) in [5.41, 5.74) is 8.22. The number of furan rings is 1. The summed E-state index contributed by atoms with van der Waals surface area (Å²) in [5, 5.41) is 5.10. The van der Waals surface area contributed by atoms with Gasteiger partial charge in [-0.2, -0.15) is 0 Å². The normalized spacial score (nSPS) is 11.8. The van der Waals surface area contributed by atoms with Crippen LogP contribution in [0, 0.1) is 0 Å². The second kappa shape index (κ2) is 7.74. The quantitative estimate of drug-likeness (QED) is 0.250. The maximum atomic E-state index is 5.61. The molecule has 3 nitrogen and oxygen atoms in total. The lowest BCUT2D eigenvalue weighted by molar-refractivity contribution is 0.582. The lowest BCUT2D eigenvalue weighted by Gasteiger charge is -2.09. The van der Waals surface area contributed by atoms with E-state index in [1.807, 2.05) is 12.1 Å². The number of fused-ring (bicyclic) bond motifs is 7. The second-order valence-electron chi connectivity index (χ2n) is 9.42. The summed E-state index contributed by atoms with van der Waals surface area (Å²) in [5.74, 6) is 0.879. The molecule has 3 aromatic heterocycles. The van der Waals surface area contributed by atoms with Gasteiger partial charge in [0.25, 0.3) is 0 Å². The van der Waals surface area contributed by atoms with Crippen LogP contribution in [0.2, 0.25) is 0 Å². The van der Waals surface area contributed by atoms with Crippen LogP contribution in [0.4, 0.5) is 0 Å². The predicted molar refractivity (Wildman–Crippen MR) is 153 cm³/mol. The number of rotatable bonds is 3. The number of nitrogens with zero attached hydrogens (tertiary/aromatic N) is 2. The van der Waals surface area contributed by atoms with Crippen LogP contribution in [-0.2, 0) is 0 Å². The lowest BCUT2D eigenvalue weighted by Crippen LogP contribution is -1.94. The molecule has 5 aromatic carbocycles.